The molecular formula is C17H21N3O. The normalized spacial score (nSPS) is 21.8. The molecule has 2 heterocycles. The molecule has 2 N–H and O–H groups in total. The van der Waals surface area contributed by atoms with Gasteiger partial charge < -0.3 is 15.2 Å². The second-order valence-corrected chi connectivity index (χ2v) is 6.23. The number of aromatic amines is 1. The predicted octanol–water partition coefficient (Wildman–Crippen LogP) is 2.52. The molecule has 2 fully saturated rings. The molecule has 2 aliphatic rings. The fourth-order valence-corrected chi connectivity index (χ4v) is 3.35. The van der Waals surface area contributed by atoms with Crippen molar-refractivity contribution in [2.45, 2.75) is 37.8 Å². The van der Waals surface area contributed by atoms with Crippen molar-refractivity contribution in [2.75, 3.05) is 13.1 Å². The first kappa shape index (κ1) is 12.9. The third-order valence-corrected chi connectivity index (χ3v) is 4.65. The van der Waals surface area contributed by atoms with E-state index in [1.165, 1.54) is 12.8 Å². The average Bonchev–Trinajstić information content (AvgIpc) is 3.02. The molecule has 21 heavy (non-hydrogen) atoms. The molecule has 0 bridgehead atoms. The number of hydrogen-bond acceptors (Lipinski definition) is 2. The van der Waals surface area contributed by atoms with Crippen LogP contribution in [0.2, 0.25) is 0 Å². The van der Waals surface area contributed by atoms with Crippen LogP contribution in [0.5, 0.6) is 0 Å². The maximum atomic E-state index is 13.0. The van der Waals surface area contributed by atoms with Crippen molar-refractivity contribution in [2.24, 2.45) is 0 Å². The standard InChI is InChI=1S/C17H21N3O/c21-17(15-5-1-3-12-8-10-19-16(12)15)20(14-6-7-14)11-13-4-2-9-18-13/h1,3,5,8,10,13-14,18-19H,2,4,6-7,9,11H2. The number of aromatic nitrogens is 1. The van der Waals surface area contributed by atoms with Crippen LogP contribution in [0.4, 0.5) is 0 Å². The Morgan fingerprint density at radius 2 is 2.14 bits per heavy atom. The van der Waals surface area contributed by atoms with Gasteiger partial charge in [0, 0.05) is 30.2 Å². The number of hydrogen-bond donors (Lipinski definition) is 2. The number of nitrogens with one attached hydrogen (secondary N) is 2. The highest BCUT2D eigenvalue weighted by atomic mass is 16.2. The van der Waals surface area contributed by atoms with Crippen molar-refractivity contribution < 1.29 is 4.79 Å². The molecule has 1 atom stereocenters. The summed E-state index contributed by atoms with van der Waals surface area (Å²) in [6.45, 7) is 1.93. The lowest BCUT2D eigenvalue weighted by Gasteiger charge is -2.26. The zero-order valence-electron chi connectivity index (χ0n) is 12.1. The SMILES string of the molecule is O=C(c1cccc2cc[nH]c12)N(CC1CCCN1)C1CC1. The minimum Gasteiger partial charge on any atom is -0.361 e. The maximum absolute atomic E-state index is 13.0. The van der Waals surface area contributed by atoms with Gasteiger partial charge in [-0.3, -0.25) is 4.79 Å². The Hall–Kier alpha value is -1.81. The average molecular weight is 283 g/mol. The molecule has 1 saturated heterocycles. The maximum Gasteiger partial charge on any atom is 0.256 e. The van der Waals surface area contributed by atoms with Gasteiger partial charge in [-0.15, -0.1) is 0 Å². The number of fused-ring (bicyclic) bond motifs is 1. The molecule has 0 radical (unpaired) electrons. The molecule has 2 aromatic rings. The molecule has 4 heteroatoms. The molecule has 1 aliphatic heterocycles. The summed E-state index contributed by atoms with van der Waals surface area (Å²) in [5.41, 5.74) is 1.77. The van der Waals surface area contributed by atoms with Gasteiger partial charge in [0.05, 0.1) is 11.1 Å². The van der Waals surface area contributed by atoms with Crippen LogP contribution >= 0.6 is 0 Å². The van der Waals surface area contributed by atoms with Crippen LogP contribution in [0, 0.1) is 0 Å². The van der Waals surface area contributed by atoms with E-state index < -0.39 is 0 Å². The summed E-state index contributed by atoms with van der Waals surface area (Å²) < 4.78 is 0. The van der Waals surface area contributed by atoms with Gasteiger partial charge >= 0.3 is 0 Å². The summed E-state index contributed by atoms with van der Waals surface area (Å²) in [5, 5.41) is 4.61. The van der Waals surface area contributed by atoms with Crippen LogP contribution in [0.25, 0.3) is 10.9 Å². The van der Waals surface area contributed by atoms with E-state index in [1.54, 1.807) is 0 Å². The van der Waals surface area contributed by atoms with Crippen LogP contribution in [0.15, 0.2) is 30.5 Å². The van der Waals surface area contributed by atoms with E-state index in [1.807, 2.05) is 30.5 Å². The van der Waals surface area contributed by atoms with E-state index in [0.717, 1.165) is 42.4 Å². The quantitative estimate of drug-likeness (QED) is 0.906. The van der Waals surface area contributed by atoms with Gasteiger partial charge in [-0.05, 0) is 44.4 Å². The second kappa shape index (κ2) is 5.19. The van der Waals surface area contributed by atoms with Crippen molar-refractivity contribution in [3.63, 3.8) is 0 Å². The molecule has 4 rings (SSSR count). The lowest BCUT2D eigenvalue weighted by atomic mass is 10.1. The minimum absolute atomic E-state index is 0.180. The summed E-state index contributed by atoms with van der Waals surface area (Å²) in [6.07, 6.45) is 6.62. The minimum atomic E-state index is 0.180. The monoisotopic (exact) mass is 283 g/mol. The molecule has 0 spiro atoms. The van der Waals surface area contributed by atoms with Gasteiger partial charge in [-0.2, -0.15) is 0 Å². The molecule has 110 valence electrons. The van der Waals surface area contributed by atoms with E-state index in [9.17, 15) is 4.79 Å². The Labute approximate surface area is 124 Å². The van der Waals surface area contributed by atoms with Crippen molar-refractivity contribution in [1.82, 2.24) is 15.2 Å². The van der Waals surface area contributed by atoms with Crippen LogP contribution in [0.3, 0.4) is 0 Å². The number of para-hydroxylation sites is 1. The first-order valence-corrected chi connectivity index (χ1v) is 7.93. The highest BCUT2D eigenvalue weighted by molar-refractivity contribution is 6.05. The highest BCUT2D eigenvalue weighted by Crippen LogP contribution is 2.30. The fourth-order valence-electron chi connectivity index (χ4n) is 3.35. The van der Waals surface area contributed by atoms with Crippen LogP contribution in [-0.4, -0.2) is 41.0 Å². The molecule has 1 aromatic heterocycles. The van der Waals surface area contributed by atoms with Gasteiger partial charge in [-0.1, -0.05) is 12.1 Å². The molecule has 1 unspecified atom stereocenters. The topological polar surface area (TPSA) is 48.1 Å². The summed E-state index contributed by atoms with van der Waals surface area (Å²) in [5.74, 6) is 0.180. The second-order valence-electron chi connectivity index (χ2n) is 6.23. The fraction of sp³-hybridized carbons (Fsp3) is 0.471. The predicted molar refractivity (Wildman–Crippen MR) is 83.4 cm³/mol. The van der Waals surface area contributed by atoms with E-state index >= 15 is 0 Å². The molecule has 1 saturated carbocycles. The summed E-state index contributed by atoms with van der Waals surface area (Å²) in [6, 6.07) is 8.90. The van der Waals surface area contributed by atoms with Gasteiger partial charge in [0.25, 0.3) is 5.91 Å². The van der Waals surface area contributed by atoms with Crippen molar-refractivity contribution >= 4 is 16.8 Å². The first-order chi connectivity index (χ1) is 10.3. The third kappa shape index (κ3) is 2.44. The van der Waals surface area contributed by atoms with Gasteiger partial charge in [0.15, 0.2) is 0 Å². The van der Waals surface area contributed by atoms with Crippen molar-refractivity contribution in [3.05, 3.63) is 36.0 Å². The van der Waals surface area contributed by atoms with Gasteiger partial charge in [-0.25, -0.2) is 0 Å². The van der Waals surface area contributed by atoms with E-state index in [0.29, 0.717) is 12.1 Å². The van der Waals surface area contributed by atoms with Gasteiger partial charge in [0.1, 0.15) is 0 Å². The van der Waals surface area contributed by atoms with Crippen LogP contribution in [0.1, 0.15) is 36.0 Å². The Balaban J connectivity index is 1.62. The molecule has 1 aromatic carbocycles. The van der Waals surface area contributed by atoms with Crippen molar-refractivity contribution in [3.8, 4) is 0 Å². The molecule has 4 nitrogen and oxygen atoms in total. The number of benzene rings is 1. The summed E-state index contributed by atoms with van der Waals surface area (Å²) >= 11 is 0. The highest BCUT2D eigenvalue weighted by Gasteiger charge is 2.35. The van der Waals surface area contributed by atoms with Crippen LogP contribution in [-0.2, 0) is 0 Å². The van der Waals surface area contributed by atoms with E-state index in [4.69, 9.17) is 0 Å². The number of carbonyl (C=O) groups is 1. The molecule has 1 aliphatic carbocycles. The van der Waals surface area contributed by atoms with Crippen LogP contribution < -0.4 is 5.32 Å². The first-order valence-electron chi connectivity index (χ1n) is 7.93. The number of rotatable bonds is 4. The Morgan fingerprint density at radius 3 is 2.90 bits per heavy atom. The number of nitrogens with zero attached hydrogens (tertiary/aromatic N) is 1. The zero-order chi connectivity index (χ0) is 14.2. The summed E-state index contributed by atoms with van der Waals surface area (Å²) in [4.78, 5) is 18.3. The third-order valence-electron chi connectivity index (χ3n) is 4.65. The lowest BCUT2D eigenvalue weighted by Crippen LogP contribution is -2.42. The number of H-pyrrole nitrogens is 1. The van der Waals surface area contributed by atoms with Crippen molar-refractivity contribution in [1.29, 1.82) is 0 Å². The Kier molecular flexibility index (Phi) is 3.19. The summed E-state index contributed by atoms with van der Waals surface area (Å²) in [7, 11) is 0. The molecular weight excluding hydrogens is 262 g/mol. The smallest absolute Gasteiger partial charge is 0.256 e. The van der Waals surface area contributed by atoms with Gasteiger partial charge in [0.2, 0.25) is 0 Å². The van der Waals surface area contributed by atoms with E-state index in [-0.39, 0.29) is 5.91 Å². The number of carbonyl (C=O) groups excluding carboxylic acids is 1. The lowest BCUT2D eigenvalue weighted by molar-refractivity contribution is 0.0730. The Morgan fingerprint density at radius 1 is 1.24 bits per heavy atom. The Bertz CT molecular complexity index is 653. The zero-order valence-corrected chi connectivity index (χ0v) is 12.1. The largest absolute Gasteiger partial charge is 0.361 e. The number of amides is 1. The van der Waals surface area contributed by atoms with E-state index in [2.05, 4.69) is 15.2 Å². The molecule has 1 amide bonds.